The smallest absolute Gasteiger partial charge is 0.216 e. The third kappa shape index (κ3) is 3.37. The lowest BCUT2D eigenvalue weighted by Crippen LogP contribution is -2.07. The zero-order valence-corrected chi connectivity index (χ0v) is 11.1. The number of carbonyl (C=O) groups excluding carboxylic acids is 1. The number of ether oxygens (including phenoxy) is 1. The van der Waals surface area contributed by atoms with Gasteiger partial charge in [0.2, 0.25) is 5.88 Å². The van der Waals surface area contributed by atoms with Crippen LogP contribution >= 0.6 is 0 Å². The molecule has 0 radical (unpaired) electrons. The predicted octanol–water partition coefficient (Wildman–Crippen LogP) is 2.47. The van der Waals surface area contributed by atoms with Crippen LogP contribution in [0.15, 0.2) is 36.7 Å². The molecule has 0 saturated heterocycles. The number of Topliss-reactive ketones (excluding diaryl/α,β-unsaturated/α-hetero) is 1. The number of aromatic nitrogens is 2. The number of rotatable bonds is 5. The largest absolute Gasteiger partial charge is 0.481 e. The van der Waals surface area contributed by atoms with Crippen LogP contribution in [0.4, 0.5) is 0 Å². The van der Waals surface area contributed by atoms with E-state index in [0.717, 1.165) is 12.0 Å². The number of nitrogens with zero attached hydrogens (tertiary/aromatic N) is 2. The third-order valence-electron chi connectivity index (χ3n) is 2.93. The second-order valence-electron chi connectivity index (χ2n) is 4.22. The van der Waals surface area contributed by atoms with Crippen molar-refractivity contribution in [2.75, 3.05) is 7.11 Å². The normalized spacial score (nSPS) is 10.2. The molecule has 0 saturated carbocycles. The Balaban J connectivity index is 2.11. The maximum Gasteiger partial charge on any atom is 0.216 e. The Labute approximate surface area is 112 Å². The van der Waals surface area contributed by atoms with Crippen molar-refractivity contribution in [1.82, 2.24) is 9.97 Å². The van der Waals surface area contributed by atoms with Gasteiger partial charge in [-0.2, -0.15) is 0 Å². The van der Waals surface area contributed by atoms with E-state index in [-0.39, 0.29) is 5.78 Å². The Hall–Kier alpha value is -2.23. The molecule has 0 amide bonds. The monoisotopic (exact) mass is 256 g/mol. The molecule has 19 heavy (non-hydrogen) atoms. The van der Waals surface area contributed by atoms with E-state index in [4.69, 9.17) is 4.74 Å². The predicted molar refractivity (Wildman–Crippen MR) is 72.4 cm³/mol. The van der Waals surface area contributed by atoms with Gasteiger partial charge in [-0.3, -0.25) is 4.79 Å². The number of ketones is 1. The molecule has 0 atom stereocenters. The SMILES string of the molecule is CCc1ccc(CC(=O)c2cc(OC)ncn2)cc1. The summed E-state index contributed by atoms with van der Waals surface area (Å²) in [6.07, 6.45) is 2.67. The molecule has 98 valence electrons. The van der Waals surface area contributed by atoms with E-state index in [1.807, 2.05) is 24.3 Å². The van der Waals surface area contributed by atoms with Crippen molar-refractivity contribution in [3.63, 3.8) is 0 Å². The molecule has 4 heteroatoms. The quantitative estimate of drug-likeness (QED) is 0.771. The summed E-state index contributed by atoms with van der Waals surface area (Å²) in [5, 5.41) is 0. The van der Waals surface area contributed by atoms with Gasteiger partial charge in [0, 0.05) is 12.5 Å². The highest BCUT2D eigenvalue weighted by molar-refractivity contribution is 5.95. The first kappa shape index (κ1) is 13.2. The van der Waals surface area contributed by atoms with Gasteiger partial charge < -0.3 is 4.74 Å². The molecule has 0 aliphatic rings. The molecule has 2 rings (SSSR count). The first-order chi connectivity index (χ1) is 9.22. The fraction of sp³-hybridized carbons (Fsp3) is 0.267. The average Bonchev–Trinajstić information content (AvgIpc) is 2.48. The van der Waals surface area contributed by atoms with Gasteiger partial charge in [0.1, 0.15) is 12.0 Å². The zero-order chi connectivity index (χ0) is 13.7. The number of benzene rings is 1. The fourth-order valence-corrected chi connectivity index (χ4v) is 1.77. The summed E-state index contributed by atoms with van der Waals surface area (Å²) in [5.41, 5.74) is 2.63. The summed E-state index contributed by atoms with van der Waals surface area (Å²) in [6.45, 7) is 2.10. The van der Waals surface area contributed by atoms with E-state index in [1.165, 1.54) is 19.0 Å². The number of aryl methyl sites for hydroxylation is 1. The number of carbonyl (C=O) groups is 1. The molecule has 0 aliphatic carbocycles. The highest BCUT2D eigenvalue weighted by Gasteiger charge is 2.10. The van der Waals surface area contributed by atoms with Crippen LogP contribution in [-0.4, -0.2) is 22.9 Å². The van der Waals surface area contributed by atoms with Gasteiger partial charge in [-0.25, -0.2) is 9.97 Å². The average molecular weight is 256 g/mol. The van der Waals surface area contributed by atoms with E-state index in [2.05, 4.69) is 16.9 Å². The van der Waals surface area contributed by atoms with Gasteiger partial charge in [-0.05, 0) is 17.5 Å². The maximum absolute atomic E-state index is 12.1. The Bertz CT molecular complexity index is 565. The van der Waals surface area contributed by atoms with Crippen LogP contribution in [0, 0.1) is 0 Å². The Morgan fingerprint density at radius 3 is 2.47 bits per heavy atom. The lowest BCUT2D eigenvalue weighted by Gasteiger charge is -2.03. The first-order valence-corrected chi connectivity index (χ1v) is 6.20. The van der Waals surface area contributed by atoms with Crippen LogP contribution < -0.4 is 4.74 Å². The number of hydrogen-bond acceptors (Lipinski definition) is 4. The second-order valence-corrected chi connectivity index (χ2v) is 4.22. The van der Waals surface area contributed by atoms with Crippen molar-refractivity contribution in [2.45, 2.75) is 19.8 Å². The molecule has 0 spiro atoms. The van der Waals surface area contributed by atoms with Crippen molar-refractivity contribution < 1.29 is 9.53 Å². The van der Waals surface area contributed by atoms with E-state index in [1.54, 1.807) is 6.07 Å². The van der Waals surface area contributed by atoms with Crippen LogP contribution in [-0.2, 0) is 12.8 Å². The van der Waals surface area contributed by atoms with Crippen molar-refractivity contribution in [1.29, 1.82) is 0 Å². The van der Waals surface area contributed by atoms with Crippen LogP contribution in [0.3, 0.4) is 0 Å². The Morgan fingerprint density at radius 1 is 1.16 bits per heavy atom. The summed E-state index contributed by atoms with van der Waals surface area (Å²) in [7, 11) is 1.51. The first-order valence-electron chi connectivity index (χ1n) is 6.20. The minimum atomic E-state index is -0.0371. The van der Waals surface area contributed by atoms with Gasteiger partial charge in [0.25, 0.3) is 0 Å². The minimum Gasteiger partial charge on any atom is -0.481 e. The molecule has 0 N–H and O–H groups in total. The summed E-state index contributed by atoms with van der Waals surface area (Å²) < 4.78 is 4.98. The topological polar surface area (TPSA) is 52.1 Å². The molecule has 1 aromatic heterocycles. The fourth-order valence-electron chi connectivity index (χ4n) is 1.77. The minimum absolute atomic E-state index is 0.0371. The molecular weight excluding hydrogens is 240 g/mol. The molecular formula is C15H16N2O2. The molecule has 0 fully saturated rings. The molecule has 4 nitrogen and oxygen atoms in total. The summed E-state index contributed by atoms with van der Waals surface area (Å²) in [6, 6.07) is 9.61. The van der Waals surface area contributed by atoms with E-state index in [0.29, 0.717) is 18.0 Å². The van der Waals surface area contributed by atoms with Crippen LogP contribution in [0.1, 0.15) is 28.5 Å². The van der Waals surface area contributed by atoms with Gasteiger partial charge in [-0.1, -0.05) is 31.2 Å². The third-order valence-corrected chi connectivity index (χ3v) is 2.93. The lowest BCUT2D eigenvalue weighted by atomic mass is 10.0. The summed E-state index contributed by atoms with van der Waals surface area (Å²) >= 11 is 0. The molecule has 2 aromatic rings. The summed E-state index contributed by atoms with van der Waals surface area (Å²) in [5.74, 6) is 0.365. The van der Waals surface area contributed by atoms with Crippen molar-refractivity contribution in [2.24, 2.45) is 0 Å². The lowest BCUT2D eigenvalue weighted by molar-refractivity contribution is 0.0987. The van der Waals surface area contributed by atoms with Gasteiger partial charge in [0.15, 0.2) is 5.78 Å². The molecule has 1 aromatic carbocycles. The van der Waals surface area contributed by atoms with Gasteiger partial charge >= 0.3 is 0 Å². The van der Waals surface area contributed by atoms with Crippen LogP contribution in [0.2, 0.25) is 0 Å². The van der Waals surface area contributed by atoms with Gasteiger partial charge in [0.05, 0.1) is 7.11 Å². The van der Waals surface area contributed by atoms with Crippen molar-refractivity contribution >= 4 is 5.78 Å². The maximum atomic E-state index is 12.1. The highest BCUT2D eigenvalue weighted by Crippen LogP contribution is 2.11. The van der Waals surface area contributed by atoms with E-state index < -0.39 is 0 Å². The Kier molecular flexibility index (Phi) is 4.23. The second kappa shape index (κ2) is 6.09. The van der Waals surface area contributed by atoms with E-state index in [9.17, 15) is 4.79 Å². The molecule has 1 heterocycles. The highest BCUT2D eigenvalue weighted by atomic mass is 16.5. The van der Waals surface area contributed by atoms with Crippen LogP contribution in [0.5, 0.6) is 5.88 Å². The van der Waals surface area contributed by atoms with E-state index >= 15 is 0 Å². The van der Waals surface area contributed by atoms with Crippen LogP contribution in [0.25, 0.3) is 0 Å². The number of methoxy groups -OCH3 is 1. The van der Waals surface area contributed by atoms with Gasteiger partial charge in [-0.15, -0.1) is 0 Å². The summed E-state index contributed by atoms with van der Waals surface area (Å²) in [4.78, 5) is 20.0. The number of hydrogen-bond donors (Lipinski definition) is 0. The molecule has 0 aliphatic heterocycles. The molecule has 0 bridgehead atoms. The molecule has 0 unspecified atom stereocenters. The van der Waals surface area contributed by atoms with Crippen molar-refractivity contribution in [3.8, 4) is 5.88 Å². The Morgan fingerprint density at radius 2 is 1.84 bits per heavy atom. The standard InChI is InChI=1S/C15H16N2O2/c1-3-11-4-6-12(7-5-11)8-14(18)13-9-15(19-2)17-10-16-13/h4-7,9-10H,3,8H2,1-2H3. The van der Waals surface area contributed by atoms with Crippen molar-refractivity contribution in [3.05, 3.63) is 53.5 Å². The zero-order valence-electron chi connectivity index (χ0n) is 11.1.